The molecule has 1 amide bonds. The van der Waals surface area contributed by atoms with Crippen molar-refractivity contribution in [2.45, 2.75) is 32.5 Å². The first-order valence-electron chi connectivity index (χ1n) is 9.09. The number of rotatable bonds is 4. The Morgan fingerprint density at radius 3 is 2.57 bits per heavy atom. The summed E-state index contributed by atoms with van der Waals surface area (Å²) in [5.74, 6) is -4.61. The zero-order valence-corrected chi connectivity index (χ0v) is 15.8. The molecule has 1 aliphatic heterocycles. The number of carbonyl (C=O) groups excluding carboxylic acids is 1. The van der Waals surface area contributed by atoms with E-state index < -0.39 is 23.3 Å². The van der Waals surface area contributed by atoms with Gasteiger partial charge in [-0.25, -0.2) is 22.5 Å². The third kappa shape index (κ3) is 3.85. The van der Waals surface area contributed by atoms with E-state index in [-0.39, 0.29) is 36.4 Å². The summed E-state index contributed by atoms with van der Waals surface area (Å²) in [7, 11) is 0. The summed E-state index contributed by atoms with van der Waals surface area (Å²) < 4.78 is 60.4. The Hall–Kier alpha value is -3.43. The number of carbonyl (C=O) groups is 1. The molecule has 0 saturated carbocycles. The van der Waals surface area contributed by atoms with Crippen LogP contribution in [0.3, 0.4) is 0 Å². The fourth-order valence-electron chi connectivity index (χ4n) is 3.32. The van der Waals surface area contributed by atoms with E-state index in [1.54, 1.807) is 4.68 Å². The molecule has 6 nitrogen and oxygen atoms in total. The van der Waals surface area contributed by atoms with Crippen LogP contribution in [0.1, 0.15) is 18.2 Å². The number of amides is 1. The first kappa shape index (κ1) is 19.9. The Labute approximate surface area is 168 Å². The molecule has 156 valence electrons. The molecule has 0 bridgehead atoms. The van der Waals surface area contributed by atoms with Crippen molar-refractivity contribution < 1.29 is 27.1 Å². The van der Waals surface area contributed by atoms with Gasteiger partial charge in [0.1, 0.15) is 11.5 Å². The minimum Gasteiger partial charge on any atom is -0.435 e. The van der Waals surface area contributed by atoms with Crippen molar-refractivity contribution in [3.63, 3.8) is 0 Å². The monoisotopic (exact) mass is 420 g/mol. The normalized spacial score (nSPS) is 15.8. The highest BCUT2D eigenvalue weighted by molar-refractivity contribution is 5.79. The molecule has 10 heteroatoms. The average Bonchev–Trinajstić information content (AvgIpc) is 3.08. The van der Waals surface area contributed by atoms with E-state index in [2.05, 4.69) is 10.1 Å². The molecule has 0 N–H and O–H groups in total. The van der Waals surface area contributed by atoms with Gasteiger partial charge in [0.2, 0.25) is 11.8 Å². The minimum atomic E-state index is -1.57. The predicted molar refractivity (Wildman–Crippen MR) is 96.5 cm³/mol. The molecule has 30 heavy (non-hydrogen) atoms. The van der Waals surface area contributed by atoms with E-state index in [9.17, 15) is 22.4 Å². The van der Waals surface area contributed by atoms with Crippen LogP contribution in [0, 0.1) is 23.3 Å². The first-order valence-corrected chi connectivity index (χ1v) is 9.09. The standard InChI is InChI=1S/C20H16F4N4O2/c1-11-9-28-16(17(8-26-28)30-18-3-2-13(21)7-25-18)10-27(11)19(29)6-12-4-14(22)20(24)15(23)5-12/h2-5,7-8,11H,6,9-10H2,1H3/t11-/m0/s1. The maximum atomic E-state index is 13.5. The Morgan fingerprint density at radius 1 is 1.17 bits per heavy atom. The van der Waals surface area contributed by atoms with Gasteiger partial charge >= 0.3 is 0 Å². The molecular weight excluding hydrogens is 404 g/mol. The summed E-state index contributed by atoms with van der Waals surface area (Å²) in [5, 5.41) is 4.24. The van der Waals surface area contributed by atoms with Gasteiger partial charge in [0.05, 0.1) is 31.9 Å². The second kappa shape index (κ2) is 7.77. The highest BCUT2D eigenvalue weighted by atomic mass is 19.2. The van der Waals surface area contributed by atoms with Gasteiger partial charge in [0.15, 0.2) is 23.2 Å². The highest BCUT2D eigenvalue weighted by Crippen LogP contribution is 2.29. The number of fused-ring (bicyclic) bond motifs is 1. The molecule has 2 aromatic heterocycles. The van der Waals surface area contributed by atoms with E-state index in [1.807, 2.05) is 6.92 Å². The van der Waals surface area contributed by atoms with Crippen LogP contribution in [0.2, 0.25) is 0 Å². The molecule has 3 heterocycles. The topological polar surface area (TPSA) is 60.2 Å². The summed E-state index contributed by atoms with van der Waals surface area (Å²) in [6.07, 6.45) is 2.21. The quantitative estimate of drug-likeness (QED) is 0.478. The first-order chi connectivity index (χ1) is 14.3. The van der Waals surface area contributed by atoms with Gasteiger partial charge in [-0.1, -0.05) is 0 Å². The van der Waals surface area contributed by atoms with Crippen LogP contribution < -0.4 is 4.74 Å². The average molecular weight is 420 g/mol. The maximum Gasteiger partial charge on any atom is 0.227 e. The Kier molecular flexibility index (Phi) is 5.15. The molecule has 0 aliphatic carbocycles. The van der Waals surface area contributed by atoms with Crippen LogP contribution in [0.5, 0.6) is 11.6 Å². The van der Waals surface area contributed by atoms with Gasteiger partial charge in [-0.05, 0) is 30.7 Å². The van der Waals surface area contributed by atoms with Gasteiger partial charge in [-0.3, -0.25) is 9.48 Å². The van der Waals surface area contributed by atoms with Crippen LogP contribution in [0.25, 0.3) is 0 Å². The fraction of sp³-hybridized carbons (Fsp3) is 0.250. The molecule has 3 aromatic rings. The smallest absolute Gasteiger partial charge is 0.227 e. The zero-order valence-electron chi connectivity index (χ0n) is 15.8. The fourth-order valence-corrected chi connectivity index (χ4v) is 3.32. The van der Waals surface area contributed by atoms with Crippen molar-refractivity contribution in [3.05, 3.63) is 71.2 Å². The second-order valence-corrected chi connectivity index (χ2v) is 6.98. The number of hydrogen-bond acceptors (Lipinski definition) is 4. The number of aromatic nitrogens is 3. The van der Waals surface area contributed by atoms with Crippen LogP contribution in [-0.2, 0) is 24.3 Å². The summed E-state index contributed by atoms with van der Waals surface area (Å²) in [4.78, 5) is 18.2. The Balaban J connectivity index is 1.53. The summed E-state index contributed by atoms with van der Waals surface area (Å²) in [5.41, 5.74) is 0.638. The largest absolute Gasteiger partial charge is 0.435 e. The third-order valence-electron chi connectivity index (χ3n) is 4.83. The lowest BCUT2D eigenvalue weighted by Gasteiger charge is -2.34. The number of halogens is 4. The lowest BCUT2D eigenvalue weighted by molar-refractivity contribution is -0.134. The molecule has 4 rings (SSSR count). The van der Waals surface area contributed by atoms with Gasteiger partial charge < -0.3 is 9.64 Å². The van der Waals surface area contributed by atoms with Gasteiger partial charge in [0, 0.05) is 12.1 Å². The van der Waals surface area contributed by atoms with Gasteiger partial charge in [-0.15, -0.1) is 0 Å². The van der Waals surface area contributed by atoms with Crippen molar-refractivity contribution in [2.75, 3.05) is 0 Å². The lowest BCUT2D eigenvalue weighted by Crippen LogP contribution is -2.45. The summed E-state index contributed by atoms with van der Waals surface area (Å²) in [6.45, 7) is 2.34. The molecule has 1 aliphatic rings. The zero-order chi connectivity index (χ0) is 21.4. The van der Waals surface area contributed by atoms with Crippen LogP contribution in [-0.4, -0.2) is 31.6 Å². The molecule has 0 unspecified atom stereocenters. The number of pyridine rings is 1. The van der Waals surface area contributed by atoms with Gasteiger partial charge in [-0.2, -0.15) is 5.10 Å². The SMILES string of the molecule is C[C@H]1Cn2ncc(Oc3ccc(F)cn3)c2CN1C(=O)Cc1cc(F)c(F)c(F)c1. The maximum absolute atomic E-state index is 13.5. The Bertz CT molecular complexity index is 1080. The van der Waals surface area contributed by atoms with Crippen molar-refractivity contribution in [1.82, 2.24) is 19.7 Å². The molecule has 0 spiro atoms. The number of benzene rings is 1. The van der Waals surface area contributed by atoms with E-state index in [0.29, 0.717) is 18.0 Å². The van der Waals surface area contributed by atoms with Crippen LogP contribution in [0.4, 0.5) is 17.6 Å². The molecule has 0 radical (unpaired) electrons. The van der Waals surface area contributed by atoms with E-state index in [0.717, 1.165) is 18.3 Å². The minimum absolute atomic E-state index is 0.0367. The molecule has 1 aromatic carbocycles. The third-order valence-corrected chi connectivity index (χ3v) is 4.83. The molecule has 0 saturated heterocycles. The van der Waals surface area contributed by atoms with Crippen molar-refractivity contribution in [1.29, 1.82) is 0 Å². The molecule has 0 fully saturated rings. The van der Waals surface area contributed by atoms with Crippen LogP contribution in [0.15, 0.2) is 36.7 Å². The Morgan fingerprint density at radius 2 is 1.90 bits per heavy atom. The number of ether oxygens (including phenoxy) is 1. The second-order valence-electron chi connectivity index (χ2n) is 6.98. The van der Waals surface area contributed by atoms with E-state index in [4.69, 9.17) is 4.74 Å². The van der Waals surface area contributed by atoms with Gasteiger partial charge in [0.25, 0.3) is 0 Å². The van der Waals surface area contributed by atoms with Crippen molar-refractivity contribution in [3.8, 4) is 11.6 Å². The van der Waals surface area contributed by atoms with E-state index in [1.165, 1.54) is 23.2 Å². The van der Waals surface area contributed by atoms with E-state index >= 15 is 0 Å². The number of nitrogens with zero attached hydrogens (tertiary/aromatic N) is 4. The molecule has 1 atom stereocenters. The summed E-state index contributed by atoms with van der Waals surface area (Å²) >= 11 is 0. The number of hydrogen-bond donors (Lipinski definition) is 0. The molecular formula is C20H16F4N4O2. The van der Waals surface area contributed by atoms with Crippen molar-refractivity contribution >= 4 is 5.91 Å². The highest BCUT2D eigenvalue weighted by Gasteiger charge is 2.30. The van der Waals surface area contributed by atoms with Crippen LogP contribution >= 0.6 is 0 Å². The predicted octanol–water partition coefficient (Wildman–Crippen LogP) is 3.60. The lowest BCUT2D eigenvalue weighted by atomic mass is 10.1. The summed E-state index contributed by atoms with van der Waals surface area (Å²) in [6, 6.07) is 3.95. The van der Waals surface area contributed by atoms with Crippen molar-refractivity contribution in [2.24, 2.45) is 0 Å².